The van der Waals surface area contributed by atoms with Crippen LogP contribution in [-0.4, -0.2) is 35.2 Å². The number of carbonyl (C=O) groups excluding carboxylic acids is 1. The van der Waals surface area contributed by atoms with Crippen LogP contribution in [0.1, 0.15) is 61.3 Å². The molecule has 0 radical (unpaired) electrons. The van der Waals surface area contributed by atoms with Gasteiger partial charge >= 0.3 is 0 Å². The second kappa shape index (κ2) is 7.25. The van der Waals surface area contributed by atoms with Gasteiger partial charge in [0.2, 0.25) is 5.91 Å². The van der Waals surface area contributed by atoms with Crippen molar-refractivity contribution in [1.29, 1.82) is 0 Å². The molecule has 0 aliphatic heterocycles. The van der Waals surface area contributed by atoms with Crippen LogP contribution in [0.15, 0.2) is 0 Å². The number of aliphatic hydroxyl groups excluding tert-OH is 1. The van der Waals surface area contributed by atoms with E-state index in [9.17, 15) is 4.79 Å². The number of carbonyl (C=O) groups is 1. The molecular weight excluding hydrogens is 240 g/mol. The predicted octanol–water partition coefficient (Wildman–Crippen LogP) is 2.07. The first-order valence-electron chi connectivity index (χ1n) is 7.22. The van der Waals surface area contributed by atoms with E-state index in [4.69, 9.17) is 5.11 Å². The molecular formula is C15H32N2O2. The van der Waals surface area contributed by atoms with Gasteiger partial charge in [0, 0.05) is 18.2 Å². The molecule has 0 aromatic carbocycles. The molecule has 0 heterocycles. The van der Waals surface area contributed by atoms with Gasteiger partial charge in [-0.1, -0.05) is 27.7 Å². The Morgan fingerprint density at radius 3 is 2.11 bits per heavy atom. The summed E-state index contributed by atoms with van der Waals surface area (Å²) in [5, 5.41) is 15.5. The van der Waals surface area contributed by atoms with Gasteiger partial charge in [0.25, 0.3) is 0 Å². The Labute approximate surface area is 118 Å². The van der Waals surface area contributed by atoms with Gasteiger partial charge in [-0.05, 0) is 39.0 Å². The number of amides is 1. The fourth-order valence-corrected chi connectivity index (χ4v) is 1.80. The van der Waals surface area contributed by atoms with Crippen molar-refractivity contribution in [3.63, 3.8) is 0 Å². The molecule has 0 aromatic heterocycles. The van der Waals surface area contributed by atoms with Gasteiger partial charge < -0.3 is 15.7 Å². The Bertz CT molecular complexity index is 282. The van der Waals surface area contributed by atoms with Gasteiger partial charge in [-0.2, -0.15) is 0 Å². The van der Waals surface area contributed by atoms with Crippen molar-refractivity contribution in [2.45, 2.75) is 78.9 Å². The van der Waals surface area contributed by atoms with E-state index in [1.807, 2.05) is 20.8 Å². The second-order valence-electron chi connectivity index (χ2n) is 7.05. The molecule has 0 bridgehead atoms. The largest absolute Gasteiger partial charge is 0.396 e. The lowest BCUT2D eigenvalue weighted by atomic mass is 9.84. The Morgan fingerprint density at radius 1 is 1.21 bits per heavy atom. The zero-order valence-electron chi connectivity index (χ0n) is 13.6. The molecule has 2 atom stereocenters. The molecule has 0 saturated heterocycles. The lowest BCUT2D eigenvalue weighted by Crippen LogP contribution is -2.55. The third-order valence-electron chi connectivity index (χ3n) is 3.65. The van der Waals surface area contributed by atoms with Crippen molar-refractivity contribution in [1.82, 2.24) is 10.6 Å². The van der Waals surface area contributed by atoms with Gasteiger partial charge in [0.15, 0.2) is 0 Å². The molecule has 2 unspecified atom stereocenters. The summed E-state index contributed by atoms with van der Waals surface area (Å²) in [6.45, 7) is 14.4. The van der Waals surface area contributed by atoms with Gasteiger partial charge in [-0.25, -0.2) is 0 Å². The molecule has 3 N–H and O–H groups in total. The van der Waals surface area contributed by atoms with Crippen LogP contribution in [0, 0.1) is 5.41 Å². The first-order chi connectivity index (χ1) is 8.53. The van der Waals surface area contributed by atoms with Gasteiger partial charge in [-0.15, -0.1) is 0 Å². The van der Waals surface area contributed by atoms with Crippen LogP contribution in [0.3, 0.4) is 0 Å². The minimum atomic E-state index is -0.262. The van der Waals surface area contributed by atoms with Crippen LogP contribution >= 0.6 is 0 Å². The molecule has 0 rings (SSSR count). The van der Waals surface area contributed by atoms with Gasteiger partial charge in [0.05, 0.1) is 6.04 Å². The van der Waals surface area contributed by atoms with E-state index in [0.717, 1.165) is 6.42 Å². The van der Waals surface area contributed by atoms with Crippen molar-refractivity contribution >= 4 is 5.91 Å². The Kier molecular flexibility index (Phi) is 7.01. The van der Waals surface area contributed by atoms with E-state index in [1.165, 1.54) is 0 Å². The molecule has 0 aliphatic carbocycles. The highest BCUT2D eigenvalue weighted by Crippen LogP contribution is 2.22. The predicted molar refractivity (Wildman–Crippen MR) is 80.1 cm³/mol. The molecule has 0 saturated carbocycles. The maximum atomic E-state index is 12.1. The highest BCUT2D eigenvalue weighted by atomic mass is 16.3. The third kappa shape index (κ3) is 6.92. The molecule has 0 aliphatic rings. The molecule has 114 valence electrons. The normalized spacial score (nSPS) is 16.0. The summed E-state index contributed by atoms with van der Waals surface area (Å²) < 4.78 is 0. The number of hydrogen-bond donors (Lipinski definition) is 3. The number of nitrogens with one attached hydrogen (secondary N) is 2. The van der Waals surface area contributed by atoms with E-state index < -0.39 is 0 Å². The van der Waals surface area contributed by atoms with Crippen molar-refractivity contribution in [2.75, 3.05) is 6.61 Å². The number of aliphatic hydroxyl groups is 1. The summed E-state index contributed by atoms with van der Waals surface area (Å²) in [6.07, 6.45) is 1.54. The lowest BCUT2D eigenvalue weighted by molar-refractivity contribution is -0.124. The molecule has 1 amide bonds. The second-order valence-corrected chi connectivity index (χ2v) is 7.05. The monoisotopic (exact) mass is 272 g/mol. The fraction of sp³-hybridized carbons (Fsp3) is 0.933. The van der Waals surface area contributed by atoms with Crippen LogP contribution in [-0.2, 0) is 4.79 Å². The summed E-state index contributed by atoms with van der Waals surface area (Å²) in [5.74, 6) is 0.0130. The van der Waals surface area contributed by atoms with Crippen LogP contribution in [0.25, 0.3) is 0 Å². The molecule has 4 nitrogen and oxygen atoms in total. The summed E-state index contributed by atoms with van der Waals surface area (Å²) in [4.78, 5) is 12.1. The molecule has 0 aromatic rings. The Hall–Kier alpha value is -0.610. The highest BCUT2D eigenvalue weighted by Gasteiger charge is 2.28. The minimum absolute atomic E-state index is 0.0115. The zero-order valence-corrected chi connectivity index (χ0v) is 13.6. The van der Waals surface area contributed by atoms with E-state index in [-0.39, 0.29) is 35.6 Å². The maximum absolute atomic E-state index is 12.1. The summed E-state index contributed by atoms with van der Waals surface area (Å²) >= 11 is 0. The summed E-state index contributed by atoms with van der Waals surface area (Å²) in [6, 6.07) is -0.149. The summed E-state index contributed by atoms with van der Waals surface area (Å²) in [5.41, 5.74) is -0.168. The van der Waals surface area contributed by atoms with E-state index >= 15 is 0 Å². The number of hydrogen-bond acceptors (Lipinski definition) is 3. The maximum Gasteiger partial charge on any atom is 0.237 e. The van der Waals surface area contributed by atoms with E-state index in [1.54, 1.807) is 0 Å². The molecule has 0 spiro atoms. The van der Waals surface area contributed by atoms with Gasteiger partial charge in [-0.3, -0.25) is 4.79 Å². The average molecular weight is 272 g/mol. The van der Waals surface area contributed by atoms with Crippen molar-refractivity contribution in [3.8, 4) is 0 Å². The lowest BCUT2D eigenvalue weighted by Gasteiger charge is -2.34. The first kappa shape index (κ1) is 18.4. The topological polar surface area (TPSA) is 61.4 Å². The van der Waals surface area contributed by atoms with E-state index in [0.29, 0.717) is 6.42 Å². The average Bonchev–Trinajstić information content (AvgIpc) is 2.26. The molecule has 4 heteroatoms. The third-order valence-corrected chi connectivity index (χ3v) is 3.65. The van der Waals surface area contributed by atoms with Crippen LogP contribution in [0.5, 0.6) is 0 Å². The van der Waals surface area contributed by atoms with E-state index in [2.05, 4.69) is 38.3 Å². The quantitative estimate of drug-likeness (QED) is 0.665. The van der Waals surface area contributed by atoms with Crippen molar-refractivity contribution < 1.29 is 9.90 Å². The Balaban J connectivity index is 4.56. The highest BCUT2D eigenvalue weighted by molar-refractivity contribution is 5.82. The summed E-state index contributed by atoms with van der Waals surface area (Å²) in [7, 11) is 0. The molecule has 19 heavy (non-hydrogen) atoms. The van der Waals surface area contributed by atoms with Crippen LogP contribution < -0.4 is 10.6 Å². The van der Waals surface area contributed by atoms with Crippen molar-refractivity contribution in [3.05, 3.63) is 0 Å². The zero-order chi connectivity index (χ0) is 15.3. The minimum Gasteiger partial charge on any atom is -0.396 e. The number of rotatable bonds is 7. The smallest absolute Gasteiger partial charge is 0.237 e. The standard InChI is InChI=1S/C15H32N2O2/c1-8-15(6,7)17-13(19)11(2)16-12(9-10-18)14(3,4)5/h11-12,16,18H,8-10H2,1-7H3,(H,17,19). The van der Waals surface area contributed by atoms with Crippen LogP contribution in [0.4, 0.5) is 0 Å². The van der Waals surface area contributed by atoms with Crippen molar-refractivity contribution in [2.24, 2.45) is 5.41 Å². The SMILES string of the molecule is CCC(C)(C)NC(=O)C(C)NC(CCO)C(C)(C)C. The van der Waals surface area contributed by atoms with Crippen LogP contribution in [0.2, 0.25) is 0 Å². The van der Waals surface area contributed by atoms with Gasteiger partial charge in [0.1, 0.15) is 0 Å². The first-order valence-corrected chi connectivity index (χ1v) is 7.22. The Morgan fingerprint density at radius 2 is 1.74 bits per heavy atom. The molecule has 0 fully saturated rings. The fourth-order valence-electron chi connectivity index (χ4n) is 1.80.